The number of nitrogens with zero attached hydrogens (tertiary/aromatic N) is 8. The Morgan fingerprint density at radius 1 is 0.798 bits per heavy atom. The number of benzene rings is 2. The molecule has 84 heavy (non-hydrogen) atoms. The van der Waals surface area contributed by atoms with E-state index in [0.717, 1.165) is 81.2 Å². The summed E-state index contributed by atoms with van der Waals surface area (Å²) < 4.78 is 30.8. The van der Waals surface area contributed by atoms with Crippen LogP contribution in [0, 0.1) is 0 Å². The van der Waals surface area contributed by atoms with Crippen molar-refractivity contribution in [1.29, 1.82) is 0 Å². The molecule has 0 saturated carbocycles. The Bertz CT molecular complexity index is 2690. The van der Waals surface area contributed by atoms with E-state index >= 15 is 0 Å². The number of hydrogen-bond donors (Lipinski definition) is 8. The van der Waals surface area contributed by atoms with E-state index in [-0.39, 0.29) is 68.2 Å². The van der Waals surface area contributed by atoms with Crippen LogP contribution in [0.4, 0.5) is 11.5 Å². The van der Waals surface area contributed by atoms with Gasteiger partial charge < -0.3 is 70.8 Å². The van der Waals surface area contributed by atoms with E-state index in [4.69, 9.17) is 46.3 Å². The Morgan fingerprint density at radius 3 is 2.06 bits per heavy atom. The molecular weight excluding hydrogens is 1130 g/mol. The summed E-state index contributed by atoms with van der Waals surface area (Å²) in [6, 6.07) is 14.5. The van der Waals surface area contributed by atoms with Crippen molar-refractivity contribution >= 4 is 40.4 Å². The molecule has 1 saturated heterocycles. The first kappa shape index (κ1) is 70.6. The summed E-state index contributed by atoms with van der Waals surface area (Å²) in [5.74, 6) is 6.46. The first-order valence-corrected chi connectivity index (χ1v) is 28.8. The molecule has 465 valence electrons. The molecule has 1 radical (unpaired) electrons. The zero-order valence-electron chi connectivity index (χ0n) is 49.0. The molecule has 27 nitrogen and oxygen atoms in total. The molecule has 0 spiro atoms. The minimum Gasteiger partial charge on any atom is -0.654 e. The van der Waals surface area contributed by atoms with Crippen LogP contribution >= 0.6 is 0 Å². The molecule has 3 aromatic heterocycles. The van der Waals surface area contributed by atoms with Crippen LogP contribution in [0.25, 0.3) is 16.5 Å². The average Bonchev–Trinajstić information content (AvgIpc) is 2.83. The first-order valence-electron chi connectivity index (χ1n) is 28.8. The smallest absolute Gasteiger partial charge is 0.328 e. The molecule has 3 amide bonds. The van der Waals surface area contributed by atoms with E-state index in [1.54, 1.807) is 28.8 Å². The van der Waals surface area contributed by atoms with Crippen molar-refractivity contribution in [3.05, 3.63) is 92.7 Å². The number of carbonyl (C=O) groups excluding carboxylic acids is 3. The number of unbranched alkanes of at least 4 members (excludes halogenated alkanes) is 2. The number of H-pyrrole nitrogens is 1. The van der Waals surface area contributed by atoms with Gasteiger partial charge >= 0.3 is 11.7 Å². The number of aromatic amines is 1. The van der Waals surface area contributed by atoms with E-state index < -0.39 is 17.9 Å². The van der Waals surface area contributed by atoms with Crippen LogP contribution in [0.2, 0.25) is 0 Å². The molecular formula is C56H88N15O12V-. The quantitative estimate of drug-likeness (QED) is 0.0162. The molecule has 0 aliphatic carbocycles. The number of carbonyl (C=O) groups is 3. The summed E-state index contributed by atoms with van der Waals surface area (Å²) in [7, 11) is 0. The summed E-state index contributed by atoms with van der Waals surface area (Å²) in [6.45, 7) is 16.2. The van der Waals surface area contributed by atoms with Crippen LogP contribution in [-0.2, 0) is 94.4 Å². The molecule has 11 N–H and O–H groups in total. The topological polar surface area (TPSA) is 362 Å². The molecule has 2 aliphatic heterocycles. The minimum absolute atomic E-state index is 0. The number of rotatable bonds is 35. The number of nitrogen functional groups attached to an aromatic ring is 1. The van der Waals surface area contributed by atoms with Crippen molar-refractivity contribution in [2.75, 3.05) is 110 Å². The number of nitrogens with two attached hydrogens (primary N) is 3. The van der Waals surface area contributed by atoms with Gasteiger partial charge in [-0.05, 0) is 87.0 Å². The van der Waals surface area contributed by atoms with Gasteiger partial charge in [-0.15, -0.1) is 16.7 Å². The average molecular weight is 1210 g/mol. The van der Waals surface area contributed by atoms with Gasteiger partial charge in [0.15, 0.2) is 11.5 Å². The zero-order chi connectivity index (χ0) is 59.4. The van der Waals surface area contributed by atoms with Crippen molar-refractivity contribution < 1.29 is 71.6 Å². The van der Waals surface area contributed by atoms with Crippen molar-refractivity contribution in [3.63, 3.8) is 0 Å². The Hall–Kier alpha value is -5.92. The van der Waals surface area contributed by atoms with Gasteiger partial charge in [-0.1, -0.05) is 76.6 Å². The molecule has 1 unspecified atom stereocenters. The molecule has 5 aromatic rings. The van der Waals surface area contributed by atoms with Crippen LogP contribution in [0.5, 0.6) is 6.01 Å². The largest absolute Gasteiger partial charge is 0.654 e. The number of imidazole rings is 1. The van der Waals surface area contributed by atoms with Gasteiger partial charge in [0, 0.05) is 49.7 Å². The van der Waals surface area contributed by atoms with E-state index in [9.17, 15) is 19.2 Å². The monoisotopic (exact) mass is 1210 g/mol. The van der Waals surface area contributed by atoms with Gasteiger partial charge in [0.05, 0.1) is 79.2 Å². The van der Waals surface area contributed by atoms with E-state index in [2.05, 4.69) is 111 Å². The van der Waals surface area contributed by atoms with Gasteiger partial charge in [0.25, 0.3) is 0 Å². The van der Waals surface area contributed by atoms with Crippen LogP contribution in [-0.4, -0.2) is 167 Å². The number of likely N-dealkylation sites (tertiary alicyclic amines) is 1. The maximum atomic E-state index is 12.8. The number of ether oxygens (including phenoxy) is 5. The third-order valence-electron chi connectivity index (χ3n) is 13.1. The van der Waals surface area contributed by atoms with Gasteiger partial charge in [0.1, 0.15) is 29.8 Å². The third kappa shape index (κ3) is 25.3. The van der Waals surface area contributed by atoms with Crippen LogP contribution < -0.4 is 43.7 Å². The van der Waals surface area contributed by atoms with Gasteiger partial charge in [-0.25, -0.2) is 15.6 Å². The van der Waals surface area contributed by atoms with Crippen molar-refractivity contribution in [1.82, 2.24) is 49.8 Å². The molecule has 1 atom stereocenters. The van der Waals surface area contributed by atoms with Gasteiger partial charge in [-0.3, -0.25) is 29.1 Å². The normalized spacial score (nSPS) is 13.6. The Labute approximate surface area is 503 Å². The van der Waals surface area contributed by atoms with E-state index in [1.807, 2.05) is 0 Å². The predicted octanol–water partition coefficient (Wildman–Crippen LogP) is 3.89. The van der Waals surface area contributed by atoms with Crippen LogP contribution in [0.1, 0.15) is 113 Å². The van der Waals surface area contributed by atoms with Crippen molar-refractivity contribution in [2.24, 2.45) is 11.6 Å². The van der Waals surface area contributed by atoms with Crippen molar-refractivity contribution in [2.45, 2.75) is 123 Å². The standard InChI is InChI=1S/C27H35N10O2.C26H45N5O10.C3H8.V/c1-2-3-14-39-26-31-23(28)22-25(32-26)37(27(38)30-22)17-19-6-4-18(5-7-19)16-35-11-8-20(9-12-35)24-34-33-21-15-29-10-13-36(21)24;27-9-2-1-3-23(26(34)30-22-6-4-21(5-7-22)20-41-35)31-25(33)19-29-24(32)8-10-36-11-12-37-13-14-38-15-16-39-17-18-40-28;1-3-2;/h4-7,20H,2-3,8-17H2,1H3,(H,30,38)(H2,28,31,32);4-7,23,35H,1-3,8-20,27-28H2,(H,29,32)(H,30,34)(H,31,33);3H2,1-2H3;/q-1;;;. The Morgan fingerprint density at radius 2 is 1.43 bits per heavy atom. The van der Waals surface area contributed by atoms with E-state index in [0.29, 0.717) is 121 Å². The summed E-state index contributed by atoms with van der Waals surface area (Å²) in [4.78, 5) is 72.4. The number of aromatic nitrogens is 7. The fourth-order valence-corrected chi connectivity index (χ4v) is 8.75. The summed E-state index contributed by atoms with van der Waals surface area (Å²) in [6.07, 6.45) is 7.13. The van der Waals surface area contributed by atoms with Crippen molar-refractivity contribution in [3.8, 4) is 6.01 Å². The molecule has 0 bridgehead atoms. The maximum absolute atomic E-state index is 12.8. The number of fused-ring (bicyclic) bond motifs is 2. The Kier molecular flexibility index (Phi) is 34.6. The van der Waals surface area contributed by atoms with Gasteiger partial charge in [-0.2, -0.15) is 9.97 Å². The second-order valence-electron chi connectivity index (χ2n) is 19.8. The maximum Gasteiger partial charge on any atom is 0.328 e. The number of piperidine rings is 1. The predicted molar refractivity (Wildman–Crippen MR) is 312 cm³/mol. The zero-order valence-corrected chi connectivity index (χ0v) is 50.4. The number of amides is 3. The molecule has 28 heteroatoms. The fraction of sp³-hybridized carbons (Fsp3) is 0.607. The third-order valence-corrected chi connectivity index (χ3v) is 13.1. The second kappa shape index (κ2) is 41.2. The molecule has 5 heterocycles. The number of hydrogen-bond acceptors (Lipinski definition) is 20. The molecule has 7 rings (SSSR count). The summed E-state index contributed by atoms with van der Waals surface area (Å²) >= 11 is 0. The number of nitrogens with one attached hydrogen (secondary N) is 4. The molecule has 1 fully saturated rings. The van der Waals surface area contributed by atoms with Crippen LogP contribution in [0.3, 0.4) is 0 Å². The summed E-state index contributed by atoms with van der Waals surface area (Å²) in [5, 5.41) is 29.8. The Balaban J connectivity index is 0.000000340. The van der Waals surface area contributed by atoms with E-state index in [1.165, 1.54) is 12.0 Å². The first-order chi connectivity index (χ1) is 40.5. The van der Waals surface area contributed by atoms with Gasteiger partial charge in [0.2, 0.25) is 17.7 Å². The summed E-state index contributed by atoms with van der Waals surface area (Å²) in [5.41, 5.74) is 15.8. The van der Waals surface area contributed by atoms with Crippen LogP contribution in [0.15, 0.2) is 53.3 Å². The minimum atomic E-state index is -0.801. The second-order valence-corrected chi connectivity index (χ2v) is 19.8. The SMILES string of the molecule is CCC.CCCCOc1nc(N)c2[nH]c(=O)n(Cc3ccc(CN4CCC(c5nnc6n5CC[N-]C6)CC4)cc3)c2n1.NCCCCC(NC(=O)CNC(=O)CCOCCOCCOCCOCCON)C(=O)Nc1ccc(COO)cc1.[V]. The fourth-order valence-electron chi connectivity index (χ4n) is 8.75. The molecule has 2 aliphatic rings. The number of anilines is 2. The molecule has 2 aromatic carbocycles.